The van der Waals surface area contributed by atoms with Crippen molar-refractivity contribution >= 4 is 110 Å². The van der Waals surface area contributed by atoms with Crippen LogP contribution in [0.25, 0.3) is 34.0 Å². The number of hydrazine groups is 2. The van der Waals surface area contributed by atoms with Gasteiger partial charge in [0.15, 0.2) is 0 Å². The van der Waals surface area contributed by atoms with E-state index in [0.717, 1.165) is 10.8 Å². The molecule has 27 heteroatoms. The molecule has 0 aliphatic carbocycles. The number of fused-ring (bicyclic) bond motifs is 5. The largest absolute Gasteiger partial charge is 0.460 e. The zero-order valence-electron chi connectivity index (χ0n) is 55.6. The topological polar surface area (TPSA) is 228 Å². The molecule has 2 aromatic heterocycles. The Bertz CT molecular complexity index is 3470. The molecule has 0 spiro atoms. The van der Waals surface area contributed by atoms with Gasteiger partial charge in [-0.2, -0.15) is 26.3 Å². The van der Waals surface area contributed by atoms with Crippen LogP contribution in [-0.2, 0) is 47.8 Å². The summed E-state index contributed by atoms with van der Waals surface area (Å²) in [7, 11) is 0. The highest BCUT2D eigenvalue weighted by Crippen LogP contribution is 2.48. The molecule has 2 saturated heterocycles. The van der Waals surface area contributed by atoms with Crippen molar-refractivity contribution in [1.29, 1.82) is 0 Å². The molecular formula is C68H87Cl3F6N8O10. The van der Waals surface area contributed by atoms with Gasteiger partial charge in [0, 0.05) is 42.6 Å². The Hall–Kier alpha value is -6.60. The van der Waals surface area contributed by atoms with Gasteiger partial charge in [-0.15, -0.1) is 0 Å². The third-order valence-electron chi connectivity index (χ3n) is 17.5. The molecule has 4 amide bonds. The number of nitrogens with zero attached hydrogens (tertiary/aromatic N) is 4. The number of benzene rings is 2. The number of halogens is 9. The first-order valence-electron chi connectivity index (χ1n) is 31.7. The second kappa shape index (κ2) is 32.2. The molecule has 7 rings (SSSR count). The summed E-state index contributed by atoms with van der Waals surface area (Å²) in [6.45, 7) is 20.4. The van der Waals surface area contributed by atoms with Crippen molar-refractivity contribution in [1.82, 2.24) is 41.5 Å². The van der Waals surface area contributed by atoms with E-state index >= 15 is 0 Å². The quantitative estimate of drug-likeness (QED) is 0.0399. The number of carbonyl (C=O) groups is 7. The fraction of sp³-hybridized carbons (Fsp3) is 0.574. The average Bonchev–Trinajstić information content (AvgIpc) is 0.836. The first-order chi connectivity index (χ1) is 44.0. The summed E-state index contributed by atoms with van der Waals surface area (Å²) in [5, 5.41) is 9.32. The Kier molecular flexibility index (Phi) is 26.2. The predicted octanol–water partition coefficient (Wildman–Crippen LogP) is 13.4. The van der Waals surface area contributed by atoms with Crippen molar-refractivity contribution in [3.63, 3.8) is 0 Å². The summed E-state index contributed by atoms with van der Waals surface area (Å²) in [5.74, 6) is -10.8. The molecule has 3 aliphatic heterocycles. The van der Waals surface area contributed by atoms with E-state index < -0.39 is 160 Å². The minimum Gasteiger partial charge on any atom is -0.460 e. The number of ether oxygens (including phenoxy) is 3. The summed E-state index contributed by atoms with van der Waals surface area (Å²) < 4.78 is 102. The van der Waals surface area contributed by atoms with E-state index in [1.54, 1.807) is 96.2 Å². The first-order valence-corrected chi connectivity index (χ1v) is 32.9. The van der Waals surface area contributed by atoms with Crippen LogP contribution in [0.1, 0.15) is 163 Å². The highest BCUT2D eigenvalue weighted by atomic mass is 35.6. The Balaban J connectivity index is 0.000000306. The maximum Gasteiger partial charge on any atom is 0.392 e. The zero-order valence-corrected chi connectivity index (χ0v) is 57.9. The van der Waals surface area contributed by atoms with Gasteiger partial charge in [0.1, 0.15) is 43.0 Å². The highest BCUT2D eigenvalue weighted by molar-refractivity contribution is 6.67. The fourth-order valence-corrected chi connectivity index (χ4v) is 11.9. The molecule has 522 valence electrons. The van der Waals surface area contributed by atoms with Crippen LogP contribution in [0.15, 0.2) is 72.8 Å². The van der Waals surface area contributed by atoms with Gasteiger partial charge >= 0.3 is 30.3 Å². The van der Waals surface area contributed by atoms with E-state index in [1.165, 1.54) is 70.6 Å². The van der Waals surface area contributed by atoms with Gasteiger partial charge < -0.3 is 24.8 Å². The van der Waals surface area contributed by atoms with Crippen LogP contribution in [0, 0.1) is 46.3 Å². The van der Waals surface area contributed by atoms with Crippen LogP contribution in [0.4, 0.5) is 26.3 Å². The molecule has 0 radical (unpaired) electrons. The monoisotopic (exact) mass is 1390 g/mol. The molecule has 18 nitrogen and oxygen atoms in total. The number of cyclic esters (lactones) is 1. The molecule has 5 bridgehead atoms. The minimum absolute atomic E-state index is 0.222. The number of allylic oxidation sites excluding steroid dienone is 2. The molecule has 5 heterocycles. The lowest BCUT2D eigenvalue weighted by atomic mass is 9.71. The van der Waals surface area contributed by atoms with E-state index in [9.17, 15) is 59.9 Å². The smallest absolute Gasteiger partial charge is 0.392 e. The second-order valence-corrected chi connectivity index (χ2v) is 29.2. The molecule has 10 atom stereocenters. The second-order valence-electron chi connectivity index (χ2n) is 26.7. The molecule has 0 unspecified atom stereocenters. The van der Waals surface area contributed by atoms with Crippen LogP contribution in [0.5, 0.6) is 0 Å². The molecule has 4 aromatic rings. The van der Waals surface area contributed by atoms with Gasteiger partial charge in [-0.1, -0.05) is 151 Å². The summed E-state index contributed by atoms with van der Waals surface area (Å²) in [6.07, 6.45) is -3.47. The highest BCUT2D eigenvalue weighted by Gasteiger charge is 2.51. The van der Waals surface area contributed by atoms with E-state index in [4.69, 9.17) is 49.0 Å². The number of aromatic nitrogens is 2. The third kappa shape index (κ3) is 21.7. The molecule has 0 saturated carbocycles. The maximum atomic E-state index is 14.8. The van der Waals surface area contributed by atoms with Crippen molar-refractivity contribution in [2.24, 2.45) is 46.3 Å². The van der Waals surface area contributed by atoms with Crippen molar-refractivity contribution in [3.8, 4) is 0 Å². The normalized spacial score (nSPS) is 22.8. The van der Waals surface area contributed by atoms with Crippen LogP contribution >= 0.6 is 34.8 Å². The number of esters is 3. The van der Waals surface area contributed by atoms with Crippen molar-refractivity contribution < 1.29 is 74.1 Å². The van der Waals surface area contributed by atoms with E-state index in [1.807, 2.05) is 18.2 Å². The van der Waals surface area contributed by atoms with Crippen LogP contribution in [-0.4, -0.2) is 122 Å². The Morgan fingerprint density at radius 1 is 0.842 bits per heavy atom. The number of amides is 4. The van der Waals surface area contributed by atoms with Gasteiger partial charge in [-0.05, 0) is 124 Å². The Morgan fingerprint density at radius 2 is 1.47 bits per heavy atom. The molecule has 2 fully saturated rings. The standard InChI is InChI=1S/C36H46Cl3F3N4O6.C32H41F3N4O4/c1-20(2)26(31(48)43-21(3)32(49)46-16-8-9-28(45-46)33(50)51-19-35(37,38)39)18-30(36(40,41)42)34(6,7)15-14-24-10-11-25-12-13-27(44-29(25)17-24)22(4)52-23(5)47;1-18(2)23-17-27(32(33,34)35)31(5,6)14-13-21-9-10-22-11-12-24(37-26(22)16-21)20(4)43-30(42)25-8-7-15-39(38-25)29(41)19(3)36-28(23)40/h10-15,17,20-22,26,28,30,45H,8-9,16,18-19H2,1-7H3,(H,43,48);9-14,16,18-20,23,25,27,38H,7-8,15,17H2,1-6H3,(H,36,40)/b15-14+;14-13+/t21-,22+,26-,28-,30+;19-,20+,23-,25-,27+/m00/s1. The van der Waals surface area contributed by atoms with E-state index in [-0.39, 0.29) is 6.54 Å². The van der Waals surface area contributed by atoms with Gasteiger partial charge in [0.25, 0.3) is 11.8 Å². The number of hydrogen-bond acceptors (Lipinski definition) is 14. The van der Waals surface area contributed by atoms with Crippen LogP contribution < -0.4 is 21.5 Å². The molecule has 3 aliphatic rings. The van der Waals surface area contributed by atoms with Gasteiger partial charge in [-0.3, -0.25) is 43.6 Å². The predicted molar refractivity (Wildman–Crippen MR) is 351 cm³/mol. The first kappa shape index (κ1) is 77.4. The van der Waals surface area contributed by atoms with Crippen molar-refractivity contribution in [3.05, 3.63) is 95.3 Å². The number of pyridine rings is 2. The fourth-order valence-electron chi connectivity index (χ4n) is 11.7. The number of nitrogens with one attached hydrogen (secondary N) is 4. The van der Waals surface area contributed by atoms with Gasteiger partial charge in [0.05, 0.1) is 34.3 Å². The molecule has 95 heavy (non-hydrogen) atoms. The van der Waals surface area contributed by atoms with Crippen molar-refractivity contribution in [2.75, 3.05) is 19.7 Å². The van der Waals surface area contributed by atoms with Crippen molar-refractivity contribution in [2.45, 2.75) is 181 Å². The minimum atomic E-state index is -4.66. The Morgan fingerprint density at radius 3 is 2.09 bits per heavy atom. The third-order valence-corrected chi connectivity index (χ3v) is 17.8. The van der Waals surface area contributed by atoms with E-state index in [0.29, 0.717) is 65.8 Å². The SMILES string of the molecule is CC(=O)O[C@H](C)c1ccc2ccc(/C=C/C(C)(C)[C@@H](C[C@H](C(=O)N[C@@H](C)C(=O)N3CCC[C@@H](C(=O)OCC(Cl)(Cl)Cl)N3)C(C)C)C(F)(F)F)cc2n1.CC(C)[C@@H]1C[C@@H](C(F)(F)F)C(C)(C)/C=C/c2ccc3ccc(nc3c2)[C@@H](C)OC(=O)[C@@H]2CCCN(N2)C(=O)[C@H](C)NC1=O. The van der Waals surface area contributed by atoms with Crippen LogP contribution in [0.3, 0.4) is 0 Å². The lowest BCUT2D eigenvalue weighted by Gasteiger charge is -2.37. The lowest BCUT2D eigenvalue weighted by Crippen LogP contribution is -2.60. The molecule has 2 aromatic carbocycles. The van der Waals surface area contributed by atoms with Crippen LogP contribution in [0.2, 0.25) is 0 Å². The zero-order chi connectivity index (χ0) is 70.9. The average molecular weight is 1400 g/mol. The summed E-state index contributed by atoms with van der Waals surface area (Å²) >= 11 is 16.9. The molecule has 4 N–H and O–H groups in total. The van der Waals surface area contributed by atoms with Gasteiger partial charge in [0.2, 0.25) is 15.6 Å². The number of alkyl halides is 9. The maximum absolute atomic E-state index is 14.8. The number of carbonyl (C=O) groups excluding carboxylic acids is 7. The van der Waals surface area contributed by atoms with E-state index in [2.05, 4.69) is 31.5 Å². The summed E-state index contributed by atoms with van der Waals surface area (Å²) in [6, 6.07) is 14.1. The number of rotatable bonds is 14. The molecular weight excluding hydrogens is 1310 g/mol. The Labute approximate surface area is 565 Å². The number of hydrogen-bond donors (Lipinski definition) is 4. The summed E-state index contributed by atoms with van der Waals surface area (Å²) in [4.78, 5) is 99.6. The lowest BCUT2D eigenvalue weighted by molar-refractivity contribution is -0.203. The van der Waals surface area contributed by atoms with Gasteiger partial charge in [-0.25, -0.2) is 20.8 Å². The summed E-state index contributed by atoms with van der Waals surface area (Å²) in [5.41, 5.74) is 6.40.